The van der Waals surface area contributed by atoms with Crippen molar-refractivity contribution in [3.8, 4) is 35.4 Å². The van der Waals surface area contributed by atoms with Gasteiger partial charge in [-0.05, 0) is 89.4 Å². The molecule has 2 aromatic carbocycles. The van der Waals surface area contributed by atoms with Crippen LogP contribution in [0.1, 0.15) is 71.3 Å². The van der Waals surface area contributed by atoms with Crippen molar-refractivity contribution in [3.63, 3.8) is 0 Å². The van der Waals surface area contributed by atoms with Crippen LogP contribution in [0, 0.1) is 29.4 Å². The van der Waals surface area contributed by atoms with E-state index in [2.05, 4.69) is 34.6 Å². The Morgan fingerprint density at radius 2 is 1.89 bits per heavy atom. The van der Waals surface area contributed by atoms with E-state index in [1.165, 1.54) is 30.5 Å². The first-order valence-electron chi connectivity index (χ1n) is 19.4. The molecular weight excluding hydrogens is 708 g/mol. The Hall–Kier alpha value is -4.19. The first-order valence-corrected chi connectivity index (χ1v) is 19.4. The zero-order chi connectivity index (χ0) is 38.6. The molecule has 0 spiro atoms. The van der Waals surface area contributed by atoms with Gasteiger partial charge in [0.15, 0.2) is 5.82 Å². The Kier molecular flexibility index (Phi) is 10.1. The molecule has 1 saturated carbocycles. The summed E-state index contributed by atoms with van der Waals surface area (Å²) in [6.45, 7) is 7.18. The molecule has 0 radical (unpaired) electrons. The smallest absolute Gasteiger partial charge is 0.319 e. The van der Waals surface area contributed by atoms with Crippen LogP contribution in [0.2, 0.25) is 0 Å². The molecule has 11 nitrogen and oxygen atoms in total. The number of aromatic nitrogens is 3. The highest BCUT2D eigenvalue weighted by molar-refractivity contribution is 6.03. The first-order chi connectivity index (χ1) is 26.4. The molecule has 6 unspecified atom stereocenters. The van der Waals surface area contributed by atoms with E-state index in [-0.39, 0.29) is 94.6 Å². The predicted octanol–water partition coefficient (Wildman–Crippen LogP) is 5.73. The number of aromatic hydroxyl groups is 1. The summed E-state index contributed by atoms with van der Waals surface area (Å²) in [5.41, 5.74) is -1.75. The van der Waals surface area contributed by atoms with Crippen molar-refractivity contribution in [2.24, 2.45) is 5.41 Å². The molecule has 3 N–H and O–H groups in total. The van der Waals surface area contributed by atoms with Crippen molar-refractivity contribution in [2.45, 2.75) is 102 Å². The molecule has 1 aliphatic carbocycles. The SMILES string of the molecule is C#Cc1c(F)ccc2cc(O)cc(-c3ncc4c(N5CC(CO)OCC(C)(O)C5)nc(OCC56CCCC5N(C5CC(C)OC(C)C5)CCC6)nc4c3F)c12. The molecule has 5 heterocycles. The largest absolute Gasteiger partial charge is 0.508 e. The number of piperidine rings is 1. The number of fused-ring (bicyclic) bond motifs is 3. The summed E-state index contributed by atoms with van der Waals surface area (Å²) in [7, 11) is 0. The zero-order valence-electron chi connectivity index (χ0n) is 31.6. The van der Waals surface area contributed by atoms with Crippen LogP contribution in [-0.2, 0) is 9.47 Å². The molecule has 13 heteroatoms. The van der Waals surface area contributed by atoms with Gasteiger partial charge in [-0.15, -0.1) is 6.42 Å². The van der Waals surface area contributed by atoms with Gasteiger partial charge in [0.2, 0.25) is 0 Å². The van der Waals surface area contributed by atoms with Gasteiger partial charge < -0.3 is 34.4 Å². The van der Waals surface area contributed by atoms with Crippen LogP contribution >= 0.6 is 0 Å². The number of rotatable bonds is 7. The highest BCUT2D eigenvalue weighted by Gasteiger charge is 2.51. The van der Waals surface area contributed by atoms with Crippen LogP contribution in [0.25, 0.3) is 32.9 Å². The number of likely N-dealkylation sites (tertiary alicyclic amines) is 1. The molecule has 0 amide bonds. The number of aliphatic hydroxyl groups is 2. The normalized spacial score (nSPS) is 30.3. The number of nitrogens with zero attached hydrogens (tertiary/aromatic N) is 5. The number of ether oxygens (including phenoxy) is 3. The standard InChI is InChI=1S/C42H49F2N5O6/c1-5-30-33(43)10-9-26-16-28(51)17-31(35(26)30)37-36(44)38-32(18-45-37)39(48-19-29(20-50)53-22-41(4,52)21-48)47-40(46-38)54-23-42-11-6-8-34(42)49(13-7-12-42)27-14-24(2)55-25(3)15-27/h1,9-10,16-18,24-25,27,29,34,50-52H,6-8,11-15,19-23H2,2-4H3. The van der Waals surface area contributed by atoms with Crippen LogP contribution in [0.15, 0.2) is 30.5 Å². The summed E-state index contributed by atoms with van der Waals surface area (Å²) >= 11 is 0. The fourth-order valence-electron chi connectivity index (χ4n) is 9.88. The monoisotopic (exact) mass is 757 g/mol. The van der Waals surface area contributed by atoms with E-state index >= 15 is 8.78 Å². The topological polar surface area (TPSA) is 134 Å². The van der Waals surface area contributed by atoms with E-state index in [9.17, 15) is 15.3 Å². The number of halogens is 2. The number of anilines is 1. The highest BCUT2D eigenvalue weighted by atomic mass is 19.1. The quantitative estimate of drug-likeness (QED) is 0.200. The lowest BCUT2D eigenvalue weighted by Gasteiger charge is -2.51. The predicted molar refractivity (Wildman–Crippen MR) is 204 cm³/mol. The third-order valence-electron chi connectivity index (χ3n) is 12.2. The lowest BCUT2D eigenvalue weighted by Crippen LogP contribution is -2.57. The maximum atomic E-state index is 17.2. The van der Waals surface area contributed by atoms with Crippen molar-refractivity contribution in [3.05, 3.63) is 47.7 Å². The van der Waals surface area contributed by atoms with E-state index in [0.717, 1.165) is 51.5 Å². The Morgan fingerprint density at radius 3 is 2.65 bits per heavy atom. The molecule has 292 valence electrons. The van der Waals surface area contributed by atoms with Gasteiger partial charge in [-0.1, -0.05) is 18.4 Å². The maximum absolute atomic E-state index is 17.2. The van der Waals surface area contributed by atoms with Crippen molar-refractivity contribution >= 4 is 27.5 Å². The van der Waals surface area contributed by atoms with Gasteiger partial charge in [0.25, 0.3) is 0 Å². The third-order valence-corrected chi connectivity index (χ3v) is 12.2. The van der Waals surface area contributed by atoms with E-state index in [1.54, 1.807) is 11.8 Å². The first kappa shape index (κ1) is 37.7. The number of benzene rings is 2. The fraction of sp³-hybridized carbons (Fsp3) is 0.548. The number of hydrogen-bond donors (Lipinski definition) is 3. The van der Waals surface area contributed by atoms with Gasteiger partial charge in [-0.2, -0.15) is 9.97 Å². The van der Waals surface area contributed by atoms with Gasteiger partial charge in [0, 0.05) is 41.2 Å². The number of terminal acetylenes is 1. The van der Waals surface area contributed by atoms with Crippen LogP contribution in [0.3, 0.4) is 0 Å². The van der Waals surface area contributed by atoms with E-state index in [4.69, 9.17) is 25.6 Å². The molecule has 6 atom stereocenters. The summed E-state index contributed by atoms with van der Waals surface area (Å²) < 4.78 is 50.7. The Balaban J connectivity index is 1.23. The summed E-state index contributed by atoms with van der Waals surface area (Å²) in [6, 6.07) is 6.13. The minimum atomic E-state index is -1.33. The minimum absolute atomic E-state index is 0.0262. The fourth-order valence-corrected chi connectivity index (χ4v) is 9.88. The number of hydrogen-bond acceptors (Lipinski definition) is 11. The average molecular weight is 758 g/mol. The van der Waals surface area contributed by atoms with Gasteiger partial charge in [0.1, 0.15) is 34.2 Å². The van der Waals surface area contributed by atoms with Crippen LogP contribution in [0.4, 0.5) is 14.6 Å². The number of phenols is 1. The lowest BCUT2D eigenvalue weighted by molar-refractivity contribution is -0.0967. The van der Waals surface area contributed by atoms with Crippen molar-refractivity contribution in [1.29, 1.82) is 0 Å². The van der Waals surface area contributed by atoms with Crippen molar-refractivity contribution in [2.75, 3.05) is 44.4 Å². The number of phenolic OH excluding ortho intramolecular Hbond substituents is 1. The van der Waals surface area contributed by atoms with Gasteiger partial charge in [-0.3, -0.25) is 9.88 Å². The van der Waals surface area contributed by atoms with Crippen LogP contribution < -0.4 is 9.64 Å². The molecule has 3 saturated heterocycles. The Bertz CT molecular complexity index is 2140. The Labute approximate surface area is 319 Å². The van der Waals surface area contributed by atoms with E-state index in [1.807, 2.05) is 0 Å². The van der Waals surface area contributed by atoms with Crippen LogP contribution in [0.5, 0.6) is 11.8 Å². The molecule has 8 rings (SSSR count). The molecule has 4 aromatic rings. The van der Waals surface area contributed by atoms with Gasteiger partial charge in [0.05, 0.1) is 55.6 Å². The maximum Gasteiger partial charge on any atom is 0.319 e. The minimum Gasteiger partial charge on any atom is -0.508 e. The Morgan fingerprint density at radius 1 is 1.11 bits per heavy atom. The zero-order valence-corrected chi connectivity index (χ0v) is 31.6. The molecule has 4 aliphatic rings. The number of β-amino-alcohol motifs (C(OH)–C–C–N with tert-alkyl or cyclic N) is 1. The second-order valence-electron chi connectivity index (χ2n) is 16.4. The number of pyridine rings is 1. The molecule has 3 aliphatic heterocycles. The molecule has 55 heavy (non-hydrogen) atoms. The number of aliphatic hydroxyl groups excluding tert-OH is 1. The second-order valence-corrected chi connectivity index (χ2v) is 16.4. The average Bonchev–Trinajstić information content (AvgIpc) is 3.52. The van der Waals surface area contributed by atoms with E-state index in [0.29, 0.717) is 24.1 Å². The molecular formula is C42H49F2N5O6. The molecule has 0 bridgehead atoms. The third kappa shape index (κ3) is 7.08. The van der Waals surface area contributed by atoms with Gasteiger partial charge >= 0.3 is 6.01 Å². The van der Waals surface area contributed by atoms with Crippen molar-refractivity contribution < 1.29 is 38.3 Å². The summed E-state index contributed by atoms with van der Waals surface area (Å²) in [5, 5.41) is 32.9. The lowest BCUT2D eigenvalue weighted by atomic mass is 9.74. The van der Waals surface area contributed by atoms with Crippen molar-refractivity contribution in [1.82, 2.24) is 19.9 Å². The molecule has 2 aromatic heterocycles. The summed E-state index contributed by atoms with van der Waals surface area (Å²) in [4.78, 5) is 18.5. The second kappa shape index (κ2) is 14.7. The van der Waals surface area contributed by atoms with Crippen LogP contribution in [-0.4, -0.2) is 111 Å². The van der Waals surface area contributed by atoms with Gasteiger partial charge in [-0.25, -0.2) is 8.78 Å². The summed E-state index contributed by atoms with van der Waals surface area (Å²) in [6.07, 6.45) is 14.1. The highest BCUT2D eigenvalue weighted by Crippen LogP contribution is 2.50. The van der Waals surface area contributed by atoms with E-state index < -0.39 is 23.3 Å². The summed E-state index contributed by atoms with van der Waals surface area (Å²) in [5.74, 6) is 0.954. The molecule has 4 fully saturated rings.